The van der Waals surface area contributed by atoms with Crippen molar-refractivity contribution < 1.29 is 4.43 Å². The molecule has 0 spiro atoms. The Morgan fingerprint density at radius 2 is 2.33 bits per heavy atom. The summed E-state index contributed by atoms with van der Waals surface area (Å²) in [5.74, 6) is 0. The zero-order valence-electron chi connectivity index (χ0n) is 7.13. The van der Waals surface area contributed by atoms with Gasteiger partial charge in [0, 0.05) is 0 Å². The third-order valence-corrected chi connectivity index (χ3v) is 1.98. The molecule has 0 amide bonds. The number of hydrogen-bond donors (Lipinski definition) is 0. The van der Waals surface area contributed by atoms with E-state index in [-0.39, 0.29) is 0 Å². The lowest BCUT2D eigenvalue weighted by Crippen LogP contribution is -1.92. The Morgan fingerprint density at radius 3 is 2.92 bits per heavy atom. The molecular weight excluding hydrogens is 164 g/mol. The zero-order valence-corrected chi connectivity index (χ0v) is 8.13. The number of rotatable bonds is 3. The lowest BCUT2D eigenvalue weighted by atomic mass is 10.1. The Morgan fingerprint density at radius 1 is 1.58 bits per heavy atom. The second-order valence-electron chi connectivity index (χ2n) is 2.68. The van der Waals surface area contributed by atoms with E-state index in [2.05, 4.69) is 36.1 Å². The maximum atomic E-state index is 4.88. The molecule has 0 fully saturated rings. The van der Waals surface area contributed by atoms with E-state index in [1.807, 2.05) is 12.1 Å². The Hall–Kier alpha value is -0.863. The molecule has 0 atom stereocenters. The summed E-state index contributed by atoms with van der Waals surface area (Å²) in [6.07, 6.45) is 1.83. The molecule has 2 heteroatoms. The lowest BCUT2D eigenvalue weighted by molar-refractivity contribution is 0.337. The maximum absolute atomic E-state index is 4.88. The van der Waals surface area contributed by atoms with Crippen molar-refractivity contribution in [3.8, 4) is 0 Å². The van der Waals surface area contributed by atoms with Crippen LogP contribution in [0.1, 0.15) is 16.7 Å². The van der Waals surface area contributed by atoms with Crippen molar-refractivity contribution in [3.63, 3.8) is 0 Å². The Balaban J connectivity index is 2.99. The summed E-state index contributed by atoms with van der Waals surface area (Å²) in [5.41, 5.74) is 3.54. The van der Waals surface area contributed by atoms with Gasteiger partial charge in [0.25, 0.3) is 0 Å². The van der Waals surface area contributed by atoms with E-state index >= 15 is 0 Å². The average molecular weight is 175 g/mol. The van der Waals surface area contributed by atoms with E-state index < -0.39 is 0 Å². The quantitative estimate of drug-likeness (QED) is 0.640. The molecule has 0 aliphatic heterocycles. The van der Waals surface area contributed by atoms with Gasteiger partial charge in [-0.2, -0.15) is 0 Å². The Labute approximate surface area is 76.6 Å². The molecule has 0 aliphatic rings. The van der Waals surface area contributed by atoms with Crippen LogP contribution in [-0.4, -0.2) is 10.5 Å². The Bertz CT molecular complexity index is 281. The third-order valence-electron chi connectivity index (χ3n) is 1.84. The molecule has 0 N–H and O–H groups in total. The van der Waals surface area contributed by atoms with Gasteiger partial charge >= 0.3 is 0 Å². The van der Waals surface area contributed by atoms with Crippen LogP contribution < -0.4 is 0 Å². The van der Waals surface area contributed by atoms with E-state index in [0.29, 0.717) is 6.61 Å². The van der Waals surface area contributed by atoms with Crippen molar-refractivity contribution in [2.24, 2.45) is 0 Å². The number of benzene rings is 1. The highest BCUT2D eigenvalue weighted by Crippen LogP contribution is 2.12. The molecule has 1 rings (SSSR count). The van der Waals surface area contributed by atoms with Crippen LogP contribution in [0.3, 0.4) is 0 Å². The van der Waals surface area contributed by atoms with Crippen molar-refractivity contribution in [1.82, 2.24) is 0 Å². The van der Waals surface area contributed by atoms with Gasteiger partial charge in [0.15, 0.2) is 0 Å². The lowest BCUT2D eigenvalue weighted by Gasteiger charge is -2.05. The Kier molecular flexibility index (Phi) is 3.26. The standard InChI is InChI=1S/C10H11OSi/c1-3-9-5-4-8(2)10(6-9)7-11-12/h3-6H,1,7H2,2H3. The van der Waals surface area contributed by atoms with Gasteiger partial charge in [0.05, 0.1) is 6.61 Å². The van der Waals surface area contributed by atoms with Crippen LogP contribution in [0, 0.1) is 6.92 Å². The predicted octanol–water partition coefficient (Wildman–Crippen LogP) is 2.24. The molecule has 0 saturated heterocycles. The molecule has 3 radical (unpaired) electrons. The molecule has 12 heavy (non-hydrogen) atoms. The fraction of sp³-hybridized carbons (Fsp3) is 0.200. The molecule has 0 bridgehead atoms. The van der Waals surface area contributed by atoms with Crippen molar-refractivity contribution in [2.45, 2.75) is 13.5 Å². The first kappa shape index (κ1) is 9.23. The molecule has 0 heterocycles. The van der Waals surface area contributed by atoms with E-state index in [1.165, 1.54) is 11.1 Å². The van der Waals surface area contributed by atoms with Crippen LogP contribution in [0.15, 0.2) is 24.8 Å². The molecule has 0 saturated carbocycles. The minimum Gasteiger partial charge on any atom is -0.414 e. The number of hydrogen-bond acceptors (Lipinski definition) is 1. The minimum absolute atomic E-state index is 0.588. The zero-order chi connectivity index (χ0) is 8.97. The monoisotopic (exact) mass is 175 g/mol. The third kappa shape index (κ3) is 2.06. The van der Waals surface area contributed by atoms with Gasteiger partial charge in [-0.3, -0.25) is 0 Å². The van der Waals surface area contributed by atoms with Crippen LogP contribution in [0.2, 0.25) is 0 Å². The average Bonchev–Trinajstić information content (AvgIpc) is 2.09. The molecular formula is C10H11OSi. The van der Waals surface area contributed by atoms with Crippen molar-refractivity contribution in [1.29, 1.82) is 0 Å². The molecule has 0 unspecified atom stereocenters. The van der Waals surface area contributed by atoms with Crippen LogP contribution in [0.25, 0.3) is 6.08 Å². The largest absolute Gasteiger partial charge is 0.414 e. The molecule has 1 aromatic carbocycles. The van der Waals surface area contributed by atoms with E-state index in [4.69, 9.17) is 4.43 Å². The van der Waals surface area contributed by atoms with Gasteiger partial charge in [0.2, 0.25) is 10.5 Å². The van der Waals surface area contributed by atoms with Gasteiger partial charge in [0.1, 0.15) is 0 Å². The summed E-state index contributed by atoms with van der Waals surface area (Å²) < 4.78 is 4.88. The first-order chi connectivity index (χ1) is 5.77. The highest BCUT2D eigenvalue weighted by Gasteiger charge is 1.97. The summed E-state index contributed by atoms with van der Waals surface area (Å²) >= 11 is 0. The fourth-order valence-electron chi connectivity index (χ4n) is 1.05. The fourth-order valence-corrected chi connectivity index (χ4v) is 1.21. The summed E-state index contributed by atoms with van der Waals surface area (Å²) in [6.45, 7) is 6.36. The van der Waals surface area contributed by atoms with Crippen LogP contribution >= 0.6 is 0 Å². The summed E-state index contributed by atoms with van der Waals surface area (Å²) in [5, 5.41) is 0. The van der Waals surface area contributed by atoms with Crippen LogP contribution in [0.5, 0.6) is 0 Å². The molecule has 61 valence electrons. The topological polar surface area (TPSA) is 9.23 Å². The normalized spacial score (nSPS) is 9.83. The molecule has 1 nitrogen and oxygen atoms in total. The highest BCUT2D eigenvalue weighted by atomic mass is 28.2. The van der Waals surface area contributed by atoms with Gasteiger partial charge in [-0.1, -0.05) is 24.8 Å². The second kappa shape index (κ2) is 4.23. The first-order valence-electron chi connectivity index (χ1n) is 3.78. The maximum Gasteiger partial charge on any atom is 0.246 e. The predicted molar refractivity (Wildman–Crippen MR) is 51.8 cm³/mol. The number of aryl methyl sites for hydroxylation is 1. The smallest absolute Gasteiger partial charge is 0.246 e. The minimum atomic E-state index is 0.588. The van der Waals surface area contributed by atoms with Crippen LogP contribution in [0.4, 0.5) is 0 Å². The van der Waals surface area contributed by atoms with Gasteiger partial charge < -0.3 is 4.43 Å². The molecule has 0 aromatic heterocycles. The van der Waals surface area contributed by atoms with Crippen LogP contribution in [-0.2, 0) is 11.0 Å². The van der Waals surface area contributed by atoms with Gasteiger partial charge in [-0.25, -0.2) is 0 Å². The SMILES string of the molecule is C=Cc1ccc(C)c(CO[Si])c1. The molecule has 1 aromatic rings. The van der Waals surface area contributed by atoms with E-state index in [0.717, 1.165) is 5.56 Å². The molecule has 0 aliphatic carbocycles. The summed E-state index contributed by atoms with van der Waals surface area (Å²) in [4.78, 5) is 0. The van der Waals surface area contributed by atoms with Crippen molar-refractivity contribution in [2.75, 3.05) is 0 Å². The van der Waals surface area contributed by atoms with Gasteiger partial charge in [-0.15, -0.1) is 0 Å². The summed E-state index contributed by atoms with van der Waals surface area (Å²) in [6, 6.07) is 6.18. The van der Waals surface area contributed by atoms with Crippen molar-refractivity contribution in [3.05, 3.63) is 41.5 Å². The van der Waals surface area contributed by atoms with Gasteiger partial charge in [-0.05, 0) is 29.7 Å². The first-order valence-corrected chi connectivity index (χ1v) is 4.19. The highest BCUT2D eigenvalue weighted by molar-refractivity contribution is 5.97. The second-order valence-corrected chi connectivity index (χ2v) is 2.97. The summed E-state index contributed by atoms with van der Waals surface area (Å²) in [7, 11) is 2.99. The van der Waals surface area contributed by atoms with E-state index in [9.17, 15) is 0 Å². The van der Waals surface area contributed by atoms with Crippen molar-refractivity contribution >= 4 is 16.6 Å². The van der Waals surface area contributed by atoms with E-state index in [1.54, 1.807) is 0 Å².